The topological polar surface area (TPSA) is 51.2 Å². The van der Waals surface area contributed by atoms with E-state index in [1.54, 1.807) is 6.20 Å². The molecule has 0 saturated carbocycles. The minimum atomic E-state index is -0.00379. The molecule has 4 heteroatoms. The normalized spacial score (nSPS) is 21.4. The van der Waals surface area contributed by atoms with E-state index < -0.39 is 0 Å². The van der Waals surface area contributed by atoms with Crippen molar-refractivity contribution in [2.24, 2.45) is 5.92 Å². The Morgan fingerprint density at radius 3 is 3.00 bits per heavy atom. The lowest BCUT2D eigenvalue weighted by Gasteiger charge is -2.19. The fourth-order valence-electron chi connectivity index (χ4n) is 3.59. The number of fused-ring (bicyclic) bond motifs is 1. The molecule has 1 aromatic carbocycles. The lowest BCUT2D eigenvalue weighted by atomic mass is 9.93. The van der Waals surface area contributed by atoms with Crippen LogP contribution >= 0.6 is 0 Å². The van der Waals surface area contributed by atoms with Crippen LogP contribution in [0.3, 0.4) is 0 Å². The van der Waals surface area contributed by atoms with E-state index in [1.807, 2.05) is 18.3 Å². The molecule has 2 aliphatic rings. The highest BCUT2D eigenvalue weighted by atomic mass is 16.5. The molecule has 2 atom stereocenters. The number of rotatable bonds is 4. The highest BCUT2D eigenvalue weighted by molar-refractivity contribution is 5.79. The predicted octanol–water partition coefficient (Wildman–Crippen LogP) is 3.52. The van der Waals surface area contributed by atoms with Crippen molar-refractivity contribution < 1.29 is 9.53 Å². The number of allylic oxidation sites excluding steroid dienone is 2. The molecule has 1 amide bonds. The van der Waals surface area contributed by atoms with Crippen LogP contribution in [0.15, 0.2) is 54.9 Å². The lowest BCUT2D eigenvalue weighted by Crippen LogP contribution is -2.38. The first-order valence-electron chi connectivity index (χ1n) is 8.93. The maximum Gasteiger partial charge on any atom is 0.223 e. The third kappa shape index (κ3) is 3.43. The number of carbonyl (C=O) groups is 1. The summed E-state index contributed by atoms with van der Waals surface area (Å²) in [6.45, 7) is 0.556. The van der Waals surface area contributed by atoms with Gasteiger partial charge in [-0.1, -0.05) is 36.4 Å². The number of amides is 1. The van der Waals surface area contributed by atoms with Crippen LogP contribution in [0.2, 0.25) is 0 Å². The maximum atomic E-state index is 12.3. The molecule has 0 spiro atoms. The zero-order valence-corrected chi connectivity index (χ0v) is 14.2. The van der Waals surface area contributed by atoms with Crippen LogP contribution in [-0.2, 0) is 11.2 Å². The molecule has 4 rings (SSSR count). The number of benzene rings is 1. The van der Waals surface area contributed by atoms with Crippen LogP contribution in [0.1, 0.15) is 24.8 Å². The Hall–Kier alpha value is -2.62. The van der Waals surface area contributed by atoms with Gasteiger partial charge in [0.2, 0.25) is 5.91 Å². The third-order valence-corrected chi connectivity index (χ3v) is 4.95. The van der Waals surface area contributed by atoms with Gasteiger partial charge in [0.25, 0.3) is 0 Å². The molecule has 1 aromatic heterocycles. The molecule has 0 radical (unpaired) electrons. The Morgan fingerprint density at radius 2 is 2.20 bits per heavy atom. The highest BCUT2D eigenvalue weighted by Crippen LogP contribution is 2.38. The van der Waals surface area contributed by atoms with Gasteiger partial charge >= 0.3 is 0 Å². The van der Waals surface area contributed by atoms with Crippen molar-refractivity contribution in [3.05, 3.63) is 60.4 Å². The summed E-state index contributed by atoms with van der Waals surface area (Å²) in [6, 6.07) is 10.2. The van der Waals surface area contributed by atoms with Gasteiger partial charge in [0.05, 0.1) is 6.54 Å². The molecule has 0 bridgehead atoms. The van der Waals surface area contributed by atoms with Gasteiger partial charge in [-0.2, -0.15) is 0 Å². The van der Waals surface area contributed by atoms with Crippen molar-refractivity contribution in [3.8, 4) is 16.9 Å². The number of aromatic nitrogens is 1. The third-order valence-electron chi connectivity index (χ3n) is 4.95. The predicted molar refractivity (Wildman–Crippen MR) is 97.3 cm³/mol. The average molecular weight is 334 g/mol. The first-order chi connectivity index (χ1) is 12.3. The average Bonchev–Trinajstić information content (AvgIpc) is 3.10. The number of nitrogens with one attached hydrogen (secondary N) is 1. The van der Waals surface area contributed by atoms with Gasteiger partial charge in [-0.05, 0) is 30.9 Å². The Labute approximate surface area is 147 Å². The SMILES string of the molecule is O=C(NC[C@@H]1Cc2cccc(-c3cccnc3)c2O1)[C@H]1CC=CCC1. The van der Waals surface area contributed by atoms with Crippen molar-refractivity contribution in [1.29, 1.82) is 0 Å². The molecule has 1 aliphatic heterocycles. The van der Waals surface area contributed by atoms with E-state index in [2.05, 4.69) is 40.7 Å². The number of para-hydroxylation sites is 1. The fraction of sp³-hybridized carbons (Fsp3) is 0.333. The van der Waals surface area contributed by atoms with Gasteiger partial charge in [0.1, 0.15) is 11.9 Å². The molecule has 0 unspecified atom stereocenters. The first kappa shape index (κ1) is 15.9. The van der Waals surface area contributed by atoms with E-state index in [0.29, 0.717) is 6.54 Å². The van der Waals surface area contributed by atoms with Crippen LogP contribution in [0.25, 0.3) is 11.1 Å². The summed E-state index contributed by atoms with van der Waals surface area (Å²) < 4.78 is 6.17. The molecule has 0 fully saturated rings. The summed E-state index contributed by atoms with van der Waals surface area (Å²) in [4.78, 5) is 16.5. The second kappa shape index (κ2) is 7.09. The summed E-state index contributed by atoms with van der Waals surface area (Å²) >= 11 is 0. The maximum absolute atomic E-state index is 12.3. The number of ether oxygens (including phenoxy) is 1. The molecule has 4 nitrogen and oxygen atoms in total. The zero-order valence-electron chi connectivity index (χ0n) is 14.2. The van der Waals surface area contributed by atoms with Crippen LogP contribution in [0, 0.1) is 5.92 Å². The van der Waals surface area contributed by atoms with Crippen LogP contribution in [0.5, 0.6) is 5.75 Å². The number of nitrogens with zero attached hydrogens (tertiary/aromatic N) is 1. The Kier molecular flexibility index (Phi) is 4.51. The Morgan fingerprint density at radius 1 is 1.24 bits per heavy atom. The van der Waals surface area contributed by atoms with E-state index in [-0.39, 0.29) is 17.9 Å². The van der Waals surface area contributed by atoms with Crippen LogP contribution in [0.4, 0.5) is 0 Å². The summed E-state index contributed by atoms with van der Waals surface area (Å²) in [6.07, 6.45) is 11.5. The number of pyridine rings is 1. The van der Waals surface area contributed by atoms with Crippen LogP contribution < -0.4 is 10.1 Å². The van der Waals surface area contributed by atoms with Gasteiger partial charge in [0, 0.05) is 35.9 Å². The van der Waals surface area contributed by atoms with Crippen molar-refractivity contribution in [3.63, 3.8) is 0 Å². The first-order valence-corrected chi connectivity index (χ1v) is 8.93. The molecule has 2 heterocycles. The fourth-order valence-corrected chi connectivity index (χ4v) is 3.59. The van der Waals surface area contributed by atoms with E-state index in [0.717, 1.165) is 42.6 Å². The van der Waals surface area contributed by atoms with Gasteiger partial charge in [0.15, 0.2) is 0 Å². The van der Waals surface area contributed by atoms with Crippen molar-refractivity contribution in [2.45, 2.75) is 31.8 Å². The van der Waals surface area contributed by atoms with Crippen molar-refractivity contribution >= 4 is 5.91 Å². The lowest BCUT2D eigenvalue weighted by molar-refractivity contribution is -0.125. The quantitative estimate of drug-likeness (QED) is 0.870. The number of hydrogen-bond acceptors (Lipinski definition) is 3. The van der Waals surface area contributed by atoms with Gasteiger partial charge < -0.3 is 10.1 Å². The van der Waals surface area contributed by atoms with Crippen LogP contribution in [-0.4, -0.2) is 23.5 Å². The van der Waals surface area contributed by atoms with Gasteiger partial charge in [-0.15, -0.1) is 0 Å². The Bertz CT molecular complexity index is 786. The summed E-state index contributed by atoms with van der Waals surface area (Å²) in [5, 5.41) is 3.08. The summed E-state index contributed by atoms with van der Waals surface area (Å²) in [5.74, 6) is 1.19. The van der Waals surface area contributed by atoms with Crippen molar-refractivity contribution in [1.82, 2.24) is 10.3 Å². The highest BCUT2D eigenvalue weighted by Gasteiger charge is 2.27. The minimum absolute atomic E-state index is 0.00379. The summed E-state index contributed by atoms with van der Waals surface area (Å²) in [5.41, 5.74) is 3.32. The molecular formula is C21H22N2O2. The molecule has 2 aromatic rings. The minimum Gasteiger partial charge on any atom is -0.487 e. The van der Waals surface area contributed by atoms with E-state index >= 15 is 0 Å². The number of carbonyl (C=O) groups excluding carboxylic acids is 1. The van der Waals surface area contributed by atoms with Crippen molar-refractivity contribution in [2.75, 3.05) is 6.54 Å². The molecular weight excluding hydrogens is 312 g/mol. The zero-order chi connectivity index (χ0) is 17.1. The van der Waals surface area contributed by atoms with E-state index in [4.69, 9.17) is 4.74 Å². The monoisotopic (exact) mass is 334 g/mol. The van der Waals surface area contributed by atoms with E-state index in [1.165, 1.54) is 5.56 Å². The standard InChI is InChI=1S/C21H22N2O2/c24-21(15-6-2-1-3-7-15)23-14-18-12-16-8-4-10-19(20(16)25-18)17-9-5-11-22-13-17/h1-2,4-5,8-11,13,15,18H,3,6-7,12,14H2,(H,23,24)/t15-,18-/m0/s1. The smallest absolute Gasteiger partial charge is 0.223 e. The largest absolute Gasteiger partial charge is 0.487 e. The second-order valence-electron chi connectivity index (χ2n) is 6.71. The molecule has 25 heavy (non-hydrogen) atoms. The Balaban J connectivity index is 1.41. The van der Waals surface area contributed by atoms with Gasteiger partial charge in [-0.3, -0.25) is 9.78 Å². The molecule has 1 aliphatic carbocycles. The van der Waals surface area contributed by atoms with Gasteiger partial charge in [-0.25, -0.2) is 0 Å². The molecule has 128 valence electrons. The van der Waals surface area contributed by atoms with E-state index in [9.17, 15) is 4.79 Å². The number of hydrogen-bond donors (Lipinski definition) is 1. The summed E-state index contributed by atoms with van der Waals surface area (Å²) in [7, 11) is 0. The molecule has 1 N–H and O–H groups in total. The molecule has 0 saturated heterocycles. The second-order valence-corrected chi connectivity index (χ2v) is 6.71.